The quantitative estimate of drug-likeness (QED) is 0.496. The lowest BCUT2D eigenvalue weighted by Gasteiger charge is -2.42. The van der Waals surface area contributed by atoms with E-state index in [1.165, 1.54) is 28.4 Å². The number of ether oxygens (including phenoxy) is 1. The van der Waals surface area contributed by atoms with Gasteiger partial charge in [0.05, 0.1) is 31.1 Å². The summed E-state index contributed by atoms with van der Waals surface area (Å²) in [6.45, 7) is 0.517. The van der Waals surface area contributed by atoms with Crippen LogP contribution in [0.1, 0.15) is 29.4 Å². The second-order valence-corrected chi connectivity index (χ2v) is 10.1. The lowest BCUT2D eigenvalue weighted by atomic mass is 9.55. The minimum atomic E-state index is -1.24. The number of phenols is 1. The van der Waals surface area contributed by atoms with E-state index in [2.05, 4.69) is 0 Å². The van der Waals surface area contributed by atoms with Gasteiger partial charge in [-0.25, -0.2) is 0 Å². The lowest BCUT2D eigenvalue weighted by molar-refractivity contribution is -0.140. The number of methoxy groups -OCH3 is 1. The second-order valence-electron chi connectivity index (χ2n) is 8.70. The van der Waals surface area contributed by atoms with E-state index in [1.807, 2.05) is 17.5 Å². The zero-order valence-corrected chi connectivity index (χ0v) is 19.5. The van der Waals surface area contributed by atoms with Crippen molar-refractivity contribution in [2.24, 2.45) is 17.8 Å². The number of allylic oxidation sites excluding steroid dienone is 1. The molecule has 4 atom stereocenters. The molecule has 5 rings (SSSR count). The molecule has 2 N–H and O–H groups in total. The Morgan fingerprint density at radius 2 is 2.09 bits per heavy atom. The summed E-state index contributed by atoms with van der Waals surface area (Å²) in [6.07, 6.45) is 0.163. The van der Waals surface area contributed by atoms with Crippen LogP contribution in [0.4, 0.5) is 0 Å². The number of hydrogen-bond donors (Lipinski definition) is 2. The Bertz CT molecular complexity index is 1120. The summed E-state index contributed by atoms with van der Waals surface area (Å²) >= 11 is 7.86. The van der Waals surface area contributed by atoms with E-state index < -0.39 is 25.1 Å². The summed E-state index contributed by atoms with van der Waals surface area (Å²) in [5.41, 5.74) is 2.07. The summed E-state index contributed by atoms with van der Waals surface area (Å²) in [5.74, 6) is -1.78. The number of fused-ring (bicyclic) bond motifs is 3. The number of benzene rings is 1. The summed E-state index contributed by atoms with van der Waals surface area (Å²) in [7, 11) is 0.327. The molecular weight excluding hydrogens is 465 g/mol. The highest BCUT2D eigenvalue weighted by Crippen LogP contribution is 2.52. The van der Waals surface area contributed by atoms with Crippen LogP contribution in [0.25, 0.3) is 0 Å². The molecule has 2 amide bonds. The first-order valence-corrected chi connectivity index (χ1v) is 12.0. The molecule has 0 spiro atoms. The maximum atomic E-state index is 13.5. The van der Waals surface area contributed by atoms with Gasteiger partial charge in [-0.1, -0.05) is 23.7 Å². The van der Waals surface area contributed by atoms with Gasteiger partial charge < -0.3 is 19.5 Å². The Kier molecular flexibility index (Phi) is 6.09. The number of thiophene rings is 1. The molecule has 0 radical (unpaired) electrons. The highest BCUT2D eigenvalue weighted by molar-refractivity contribution is 7.09. The van der Waals surface area contributed by atoms with Gasteiger partial charge in [0.2, 0.25) is 11.8 Å². The number of likely N-dealkylation sites (tertiary alicyclic amines) is 1. The monoisotopic (exact) mass is 487 g/mol. The van der Waals surface area contributed by atoms with Gasteiger partial charge in [-0.15, -0.1) is 11.3 Å². The molecule has 1 aromatic heterocycles. The number of aromatic hydroxyl groups is 1. The first kappa shape index (κ1) is 22.6. The molecule has 1 aromatic carbocycles. The molecule has 172 valence electrons. The highest BCUT2D eigenvalue weighted by Gasteiger charge is 2.57. The van der Waals surface area contributed by atoms with Crippen molar-refractivity contribution in [2.75, 3.05) is 13.7 Å². The van der Waals surface area contributed by atoms with Crippen LogP contribution in [0, 0.1) is 17.8 Å². The van der Waals surface area contributed by atoms with Crippen molar-refractivity contribution in [1.29, 1.82) is 0 Å². The molecule has 2 saturated heterocycles. The summed E-state index contributed by atoms with van der Waals surface area (Å²) in [5, 5.41) is 22.9. The first-order valence-electron chi connectivity index (χ1n) is 10.8. The molecule has 2 aromatic rings. The molecule has 3 heterocycles. The van der Waals surface area contributed by atoms with Crippen molar-refractivity contribution < 1.29 is 29.1 Å². The van der Waals surface area contributed by atoms with Crippen LogP contribution < -0.4 is 0 Å². The van der Waals surface area contributed by atoms with E-state index in [9.17, 15) is 19.7 Å². The average molecular weight is 488 g/mol. The predicted molar refractivity (Wildman–Crippen MR) is 123 cm³/mol. The number of carbonyl (C=O) groups excluding carboxylic acids is 2. The third kappa shape index (κ3) is 3.92. The van der Waals surface area contributed by atoms with E-state index in [-0.39, 0.29) is 36.6 Å². The number of amides is 2. The van der Waals surface area contributed by atoms with Crippen LogP contribution >= 0.6 is 22.9 Å². The molecule has 0 saturated carbocycles. The Morgan fingerprint density at radius 1 is 1.27 bits per heavy atom. The highest BCUT2D eigenvalue weighted by atomic mass is 35.5. The van der Waals surface area contributed by atoms with Gasteiger partial charge in [-0.05, 0) is 58.9 Å². The first-order chi connectivity index (χ1) is 15.9. The third-order valence-electron chi connectivity index (χ3n) is 6.85. The minimum Gasteiger partial charge on any atom is -0.508 e. The van der Waals surface area contributed by atoms with Crippen molar-refractivity contribution in [3.8, 4) is 5.75 Å². The van der Waals surface area contributed by atoms with Crippen molar-refractivity contribution in [3.05, 3.63) is 62.2 Å². The van der Waals surface area contributed by atoms with Gasteiger partial charge in [0, 0.05) is 17.0 Å². The minimum absolute atomic E-state index is 0.0293. The zero-order chi connectivity index (χ0) is 23.3. The Labute approximate surface area is 200 Å². The van der Waals surface area contributed by atoms with E-state index in [4.69, 9.17) is 21.0 Å². The fourth-order valence-electron chi connectivity index (χ4n) is 5.47. The lowest BCUT2D eigenvalue weighted by Crippen LogP contribution is -2.45. The van der Waals surface area contributed by atoms with Crippen LogP contribution in [0.3, 0.4) is 0 Å². The van der Waals surface area contributed by atoms with Gasteiger partial charge in [-0.2, -0.15) is 0 Å². The molecular formula is C23H23BClNO6S. The van der Waals surface area contributed by atoms with E-state index in [0.29, 0.717) is 28.9 Å². The van der Waals surface area contributed by atoms with Crippen LogP contribution in [0.5, 0.6) is 5.75 Å². The van der Waals surface area contributed by atoms with Crippen LogP contribution in [-0.2, 0) is 25.5 Å². The Hall–Kier alpha value is -2.17. The number of phenolic OH excluding ortho intramolecular Hbond substituents is 1. The topological polar surface area (TPSA) is 96.3 Å². The van der Waals surface area contributed by atoms with Gasteiger partial charge in [0.15, 0.2) is 0 Å². The smallest absolute Gasteiger partial charge is 0.487 e. The second kappa shape index (κ2) is 8.89. The van der Waals surface area contributed by atoms with Gasteiger partial charge in [0.1, 0.15) is 5.75 Å². The van der Waals surface area contributed by atoms with E-state index in [0.717, 1.165) is 10.5 Å². The predicted octanol–water partition coefficient (Wildman–Crippen LogP) is 3.35. The number of nitrogens with zero attached hydrogens (tertiary/aromatic N) is 1. The zero-order valence-electron chi connectivity index (χ0n) is 17.9. The Morgan fingerprint density at radius 3 is 2.79 bits per heavy atom. The van der Waals surface area contributed by atoms with E-state index in [1.54, 1.807) is 13.2 Å². The summed E-state index contributed by atoms with van der Waals surface area (Å²) in [4.78, 5) is 29.2. The van der Waals surface area contributed by atoms with Crippen molar-refractivity contribution in [2.45, 2.75) is 25.5 Å². The van der Waals surface area contributed by atoms with Crippen LogP contribution in [0.2, 0.25) is 5.02 Å². The van der Waals surface area contributed by atoms with E-state index >= 15 is 0 Å². The molecule has 2 fully saturated rings. The molecule has 7 nitrogen and oxygen atoms in total. The molecule has 0 bridgehead atoms. The molecule has 0 unspecified atom stereocenters. The van der Waals surface area contributed by atoms with Crippen molar-refractivity contribution in [1.82, 2.24) is 4.90 Å². The maximum Gasteiger partial charge on any atom is 0.487 e. The van der Waals surface area contributed by atoms with Gasteiger partial charge >= 0.3 is 7.12 Å². The number of carbonyl (C=O) groups is 2. The molecule has 3 aliphatic rings. The van der Waals surface area contributed by atoms with Gasteiger partial charge in [-0.3, -0.25) is 14.5 Å². The molecule has 2 aliphatic heterocycles. The van der Waals surface area contributed by atoms with Crippen LogP contribution in [-0.4, -0.2) is 47.7 Å². The summed E-state index contributed by atoms with van der Waals surface area (Å²) in [6, 6.07) is 8.40. The molecule has 1 aliphatic carbocycles. The fraction of sp³-hybridized carbons (Fsp3) is 0.391. The number of hydrogen-bond acceptors (Lipinski definition) is 7. The number of halogens is 1. The Balaban J connectivity index is 1.51. The fourth-order valence-corrected chi connectivity index (χ4v) is 6.46. The molecule has 33 heavy (non-hydrogen) atoms. The normalized spacial score (nSPS) is 27.2. The number of imide groups is 1. The van der Waals surface area contributed by atoms with Crippen molar-refractivity contribution >= 4 is 41.9 Å². The maximum absolute atomic E-state index is 13.5. The van der Waals surface area contributed by atoms with Gasteiger partial charge in [0.25, 0.3) is 0 Å². The average Bonchev–Trinajstić information content (AvgIpc) is 3.36. The molecule has 10 heteroatoms. The number of rotatable bonds is 5. The van der Waals surface area contributed by atoms with Crippen LogP contribution in [0.15, 0.2) is 46.8 Å². The SMILES string of the molecule is COCC1=C2B(O)O[C@H](c3ccc(O)cc3Cl)C[C@H]2[C@H]2C(=O)N(Cc3cccs3)C(=O)[C@H]2C1. The third-order valence-corrected chi connectivity index (χ3v) is 8.03. The standard InChI is InChI=1S/C23H23BClNO6S/c1-31-11-12-7-17-20(23(29)26(22(17)28)10-14-3-2-6-33-14)16-9-19(32-24(30)21(12)16)15-5-4-13(27)8-18(15)25/h2-6,8,16-17,19-20,27,30H,7,9-11H2,1H3/t16-,17-,19-,20+/m0/s1. The largest absolute Gasteiger partial charge is 0.508 e. The summed E-state index contributed by atoms with van der Waals surface area (Å²) < 4.78 is 11.3. The van der Waals surface area contributed by atoms with Crippen molar-refractivity contribution in [3.63, 3.8) is 0 Å².